The van der Waals surface area contributed by atoms with Gasteiger partial charge in [-0.15, -0.1) is 0 Å². The molecule has 0 radical (unpaired) electrons. The van der Waals surface area contributed by atoms with Crippen molar-refractivity contribution in [1.82, 2.24) is 10.2 Å². The monoisotopic (exact) mass is 535 g/mol. The van der Waals surface area contributed by atoms with Crippen LogP contribution < -0.4 is 9.62 Å². The van der Waals surface area contributed by atoms with Gasteiger partial charge in [0.15, 0.2) is 0 Å². The van der Waals surface area contributed by atoms with Crippen molar-refractivity contribution >= 4 is 27.5 Å². The van der Waals surface area contributed by atoms with E-state index in [9.17, 15) is 18.0 Å². The Kier molecular flexibility index (Phi) is 9.69. The Morgan fingerprint density at radius 1 is 0.895 bits per heavy atom. The van der Waals surface area contributed by atoms with Gasteiger partial charge in [0, 0.05) is 13.6 Å². The molecule has 3 rings (SSSR count). The molecule has 3 aromatic carbocycles. The molecule has 1 unspecified atom stereocenters. The second-order valence-electron chi connectivity index (χ2n) is 9.45. The van der Waals surface area contributed by atoms with Gasteiger partial charge in [0.25, 0.3) is 10.0 Å². The average molecular weight is 536 g/mol. The van der Waals surface area contributed by atoms with E-state index in [1.54, 1.807) is 36.4 Å². The van der Waals surface area contributed by atoms with E-state index in [0.717, 1.165) is 26.6 Å². The molecule has 2 amide bonds. The molecule has 8 heteroatoms. The molecule has 1 N–H and O–H groups in total. The first-order valence-corrected chi connectivity index (χ1v) is 14.2. The van der Waals surface area contributed by atoms with Gasteiger partial charge >= 0.3 is 0 Å². The summed E-state index contributed by atoms with van der Waals surface area (Å²) in [6.45, 7) is 7.43. The first-order valence-electron chi connectivity index (χ1n) is 12.8. The summed E-state index contributed by atoms with van der Waals surface area (Å²) in [5.41, 5.74) is 4.29. The first-order chi connectivity index (χ1) is 18.1. The molecular weight excluding hydrogens is 498 g/mol. The summed E-state index contributed by atoms with van der Waals surface area (Å²) in [7, 11) is -2.53. The zero-order valence-corrected chi connectivity index (χ0v) is 23.6. The van der Waals surface area contributed by atoms with E-state index in [1.807, 2.05) is 64.1 Å². The fourth-order valence-corrected chi connectivity index (χ4v) is 5.72. The lowest BCUT2D eigenvalue weighted by Crippen LogP contribution is -2.52. The second-order valence-corrected chi connectivity index (χ2v) is 11.3. The molecular formula is C30H37N3O4S. The van der Waals surface area contributed by atoms with Gasteiger partial charge in [0.2, 0.25) is 11.8 Å². The highest BCUT2D eigenvalue weighted by Crippen LogP contribution is 2.26. The van der Waals surface area contributed by atoms with Crippen LogP contribution in [0.4, 0.5) is 5.69 Å². The number of rotatable bonds is 11. The fraction of sp³-hybridized carbons (Fsp3) is 0.333. The molecule has 202 valence electrons. The summed E-state index contributed by atoms with van der Waals surface area (Å²) in [6, 6.07) is 20.9. The van der Waals surface area contributed by atoms with Crippen molar-refractivity contribution in [2.45, 2.75) is 51.5 Å². The molecule has 7 nitrogen and oxygen atoms in total. The Morgan fingerprint density at radius 3 is 2.13 bits per heavy atom. The third-order valence-corrected chi connectivity index (χ3v) is 8.57. The maximum Gasteiger partial charge on any atom is 0.264 e. The van der Waals surface area contributed by atoms with Crippen LogP contribution in [-0.4, -0.2) is 51.3 Å². The number of nitrogens with one attached hydrogen (secondary N) is 1. The molecule has 0 saturated heterocycles. The van der Waals surface area contributed by atoms with E-state index in [1.165, 1.54) is 11.9 Å². The number of anilines is 1. The number of aryl methyl sites for hydroxylation is 3. The molecule has 0 heterocycles. The third-order valence-electron chi connectivity index (χ3n) is 6.78. The maximum atomic E-state index is 13.9. The van der Waals surface area contributed by atoms with E-state index in [2.05, 4.69) is 5.32 Å². The highest BCUT2D eigenvalue weighted by atomic mass is 32.2. The van der Waals surface area contributed by atoms with Crippen LogP contribution in [0.25, 0.3) is 0 Å². The number of benzene rings is 3. The van der Waals surface area contributed by atoms with E-state index < -0.39 is 28.5 Å². The van der Waals surface area contributed by atoms with Crippen molar-refractivity contribution in [2.24, 2.45) is 0 Å². The standard InChI is InChI=1S/C30H37N3O4S/c1-6-28(30(35)31-5)32(19-18-25-10-8-7-9-11-25)29(34)21-33(26-15-14-23(3)24(4)20-26)38(36,37)27-16-12-22(2)13-17-27/h7-17,20,28H,6,18-19,21H2,1-5H3,(H,31,35). The number of hydrogen-bond donors (Lipinski definition) is 1. The van der Waals surface area contributed by atoms with E-state index in [4.69, 9.17) is 0 Å². The van der Waals surface area contributed by atoms with Crippen LogP contribution in [0, 0.1) is 20.8 Å². The zero-order chi connectivity index (χ0) is 27.9. The topological polar surface area (TPSA) is 86.8 Å². The largest absolute Gasteiger partial charge is 0.357 e. The van der Waals surface area contributed by atoms with Crippen LogP contribution in [0.3, 0.4) is 0 Å². The number of hydrogen-bond acceptors (Lipinski definition) is 4. The van der Waals surface area contributed by atoms with Gasteiger partial charge in [-0.2, -0.15) is 0 Å². The molecule has 0 aliphatic carbocycles. The SMILES string of the molecule is CCC(C(=O)NC)N(CCc1ccccc1)C(=O)CN(c1ccc(C)c(C)c1)S(=O)(=O)c1ccc(C)cc1. The summed E-state index contributed by atoms with van der Waals surface area (Å²) in [6.07, 6.45) is 0.934. The normalized spacial score (nSPS) is 12.0. The number of nitrogens with zero attached hydrogens (tertiary/aromatic N) is 2. The van der Waals surface area contributed by atoms with Crippen LogP contribution in [0.5, 0.6) is 0 Å². The molecule has 0 spiro atoms. The Bertz CT molecular complexity index is 1360. The van der Waals surface area contributed by atoms with Crippen LogP contribution in [0.1, 0.15) is 35.6 Å². The molecule has 38 heavy (non-hydrogen) atoms. The molecule has 0 fully saturated rings. The van der Waals surface area contributed by atoms with E-state index in [-0.39, 0.29) is 17.3 Å². The predicted molar refractivity (Wildman–Crippen MR) is 152 cm³/mol. The summed E-state index contributed by atoms with van der Waals surface area (Å²) >= 11 is 0. The lowest BCUT2D eigenvalue weighted by Gasteiger charge is -2.33. The Morgan fingerprint density at radius 2 is 1.55 bits per heavy atom. The van der Waals surface area contributed by atoms with Crippen molar-refractivity contribution < 1.29 is 18.0 Å². The van der Waals surface area contributed by atoms with Crippen molar-refractivity contribution in [3.63, 3.8) is 0 Å². The van der Waals surface area contributed by atoms with E-state index in [0.29, 0.717) is 18.5 Å². The minimum Gasteiger partial charge on any atom is -0.357 e. The third kappa shape index (κ3) is 6.81. The van der Waals surface area contributed by atoms with Gasteiger partial charge in [-0.25, -0.2) is 8.42 Å². The lowest BCUT2D eigenvalue weighted by atomic mass is 10.1. The van der Waals surface area contributed by atoms with Gasteiger partial charge in [0.05, 0.1) is 10.6 Å². The number of carbonyl (C=O) groups is 2. The summed E-state index contributed by atoms with van der Waals surface area (Å²) in [5.74, 6) is -0.724. The van der Waals surface area contributed by atoms with Crippen LogP contribution >= 0.6 is 0 Å². The van der Waals surface area contributed by atoms with E-state index >= 15 is 0 Å². The van der Waals surface area contributed by atoms with Crippen LogP contribution in [0.15, 0.2) is 77.7 Å². The zero-order valence-electron chi connectivity index (χ0n) is 22.8. The van der Waals surface area contributed by atoms with Gasteiger partial charge in [-0.3, -0.25) is 13.9 Å². The minimum absolute atomic E-state index is 0.100. The van der Waals surface area contributed by atoms with Crippen molar-refractivity contribution in [1.29, 1.82) is 0 Å². The van der Waals surface area contributed by atoms with Crippen molar-refractivity contribution in [3.8, 4) is 0 Å². The predicted octanol–water partition coefficient (Wildman–Crippen LogP) is 4.40. The Balaban J connectivity index is 2.03. The van der Waals surface area contributed by atoms with Gasteiger partial charge in [-0.1, -0.05) is 61.0 Å². The molecule has 3 aromatic rings. The summed E-state index contributed by atoms with van der Waals surface area (Å²) in [4.78, 5) is 28.2. The van der Waals surface area contributed by atoms with Crippen molar-refractivity contribution in [3.05, 3.63) is 95.1 Å². The molecule has 0 aromatic heterocycles. The lowest BCUT2D eigenvalue weighted by molar-refractivity contribution is -0.139. The highest BCUT2D eigenvalue weighted by molar-refractivity contribution is 7.92. The quantitative estimate of drug-likeness (QED) is 0.394. The van der Waals surface area contributed by atoms with Gasteiger partial charge in [0.1, 0.15) is 12.6 Å². The molecule has 0 bridgehead atoms. The number of carbonyl (C=O) groups excluding carboxylic acids is 2. The minimum atomic E-state index is -4.07. The molecule has 0 aliphatic heterocycles. The second kappa shape index (κ2) is 12.7. The molecule has 0 aliphatic rings. The van der Waals surface area contributed by atoms with Gasteiger partial charge in [-0.05, 0) is 74.6 Å². The maximum absolute atomic E-state index is 13.9. The fourth-order valence-electron chi connectivity index (χ4n) is 4.31. The average Bonchev–Trinajstić information content (AvgIpc) is 2.91. The van der Waals surface area contributed by atoms with Crippen LogP contribution in [-0.2, 0) is 26.0 Å². The summed E-state index contributed by atoms with van der Waals surface area (Å²) < 4.78 is 28.9. The Labute approximate surface area is 226 Å². The van der Waals surface area contributed by atoms with Crippen molar-refractivity contribution in [2.75, 3.05) is 24.4 Å². The van der Waals surface area contributed by atoms with Gasteiger partial charge < -0.3 is 10.2 Å². The first kappa shape index (κ1) is 28.9. The number of amides is 2. The Hall–Kier alpha value is -3.65. The molecule has 1 atom stereocenters. The highest BCUT2D eigenvalue weighted by Gasteiger charge is 2.33. The number of likely N-dealkylation sites (N-methyl/N-ethyl adjacent to an activating group) is 1. The smallest absolute Gasteiger partial charge is 0.264 e. The van der Waals surface area contributed by atoms with Crippen LogP contribution in [0.2, 0.25) is 0 Å². The summed E-state index contributed by atoms with van der Waals surface area (Å²) in [5, 5.41) is 2.64. The number of sulfonamides is 1. The molecule has 0 saturated carbocycles.